The van der Waals surface area contributed by atoms with E-state index in [4.69, 9.17) is 4.74 Å². The number of methoxy groups -OCH3 is 1. The summed E-state index contributed by atoms with van der Waals surface area (Å²) in [5, 5.41) is 24.8. The Balaban J connectivity index is 1.64. The average Bonchev–Trinajstić information content (AvgIpc) is 3.19. The fourth-order valence-corrected chi connectivity index (χ4v) is 5.01. The van der Waals surface area contributed by atoms with Gasteiger partial charge in [0.15, 0.2) is 0 Å². The van der Waals surface area contributed by atoms with Gasteiger partial charge in [-0.2, -0.15) is 0 Å². The fourth-order valence-electron chi connectivity index (χ4n) is 5.01. The predicted octanol–water partition coefficient (Wildman–Crippen LogP) is 6.39. The number of phenols is 1. The van der Waals surface area contributed by atoms with E-state index >= 15 is 0 Å². The van der Waals surface area contributed by atoms with Gasteiger partial charge < -0.3 is 20.3 Å². The van der Waals surface area contributed by atoms with E-state index in [9.17, 15) is 19.8 Å². The zero-order valence-corrected chi connectivity index (χ0v) is 21.8. The number of aliphatic hydroxyl groups is 1. The van der Waals surface area contributed by atoms with Gasteiger partial charge >= 0.3 is 0 Å². The summed E-state index contributed by atoms with van der Waals surface area (Å²) in [6.07, 6.45) is 0. The molecule has 0 spiro atoms. The van der Waals surface area contributed by atoms with E-state index in [2.05, 4.69) is 5.32 Å². The quantitative estimate of drug-likeness (QED) is 0.155. The van der Waals surface area contributed by atoms with Crippen molar-refractivity contribution in [3.63, 3.8) is 0 Å². The van der Waals surface area contributed by atoms with Gasteiger partial charge in [0.05, 0.1) is 24.3 Å². The van der Waals surface area contributed by atoms with Gasteiger partial charge in [-0.05, 0) is 85.1 Å². The van der Waals surface area contributed by atoms with Crippen LogP contribution in [0.1, 0.15) is 28.3 Å². The lowest BCUT2D eigenvalue weighted by Gasteiger charge is -2.26. The van der Waals surface area contributed by atoms with Gasteiger partial charge in [0, 0.05) is 17.1 Å². The molecule has 1 saturated heterocycles. The average molecular weight is 521 g/mol. The molecule has 4 aromatic rings. The van der Waals surface area contributed by atoms with Crippen LogP contribution in [0.5, 0.6) is 11.5 Å². The Kier molecular flexibility index (Phi) is 6.81. The van der Waals surface area contributed by atoms with Crippen molar-refractivity contribution in [1.29, 1.82) is 0 Å². The lowest BCUT2D eigenvalue weighted by Crippen LogP contribution is -2.29. The number of nitrogens with zero attached hydrogens (tertiary/aromatic N) is 1. The molecule has 0 aromatic heterocycles. The van der Waals surface area contributed by atoms with Crippen molar-refractivity contribution in [2.24, 2.45) is 0 Å². The van der Waals surface area contributed by atoms with E-state index in [1.54, 1.807) is 30.3 Å². The molecule has 7 heteroatoms. The summed E-state index contributed by atoms with van der Waals surface area (Å²) < 4.78 is 5.56. The molecule has 1 atom stereocenters. The summed E-state index contributed by atoms with van der Waals surface area (Å²) in [7, 11) is 1.50. The summed E-state index contributed by atoms with van der Waals surface area (Å²) in [6, 6.07) is 25.8. The first-order chi connectivity index (χ1) is 18.8. The Labute approximate surface area is 226 Å². The number of aromatic hydroxyl groups is 1. The number of para-hydroxylation sites is 1. The van der Waals surface area contributed by atoms with E-state index < -0.39 is 17.7 Å². The summed E-state index contributed by atoms with van der Waals surface area (Å²) in [5.41, 5.74) is 4.70. The largest absolute Gasteiger partial charge is 0.508 e. The van der Waals surface area contributed by atoms with Crippen LogP contribution in [0.25, 0.3) is 5.76 Å². The number of ketones is 1. The Morgan fingerprint density at radius 2 is 1.51 bits per heavy atom. The topological polar surface area (TPSA) is 99.1 Å². The second kappa shape index (κ2) is 10.4. The lowest BCUT2D eigenvalue weighted by atomic mass is 9.93. The number of aliphatic hydroxyl groups excluding tert-OH is 1. The first-order valence-corrected chi connectivity index (χ1v) is 12.5. The van der Waals surface area contributed by atoms with E-state index in [1.807, 2.05) is 62.4 Å². The van der Waals surface area contributed by atoms with Crippen molar-refractivity contribution in [3.8, 4) is 11.5 Å². The molecule has 1 fully saturated rings. The molecule has 0 radical (unpaired) electrons. The molecule has 1 unspecified atom stereocenters. The smallest absolute Gasteiger partial charge is 0.300 e. The number of carbonyl (C=O) groups excluding carboxylic acids is 2. The molecule has 1 aliphatic rings. The third-order valence-corrected chi connectivity index (χ3v) is 6.74. The van der Waals surface area contributed by atoms with Gasteiger partial charge in [-0.15, -0.1) is 0 Å². The van der Waals surface area contributed by atoms with E-state index in [0.717, 1.165) is 22.5 Å². The Morgan fingerprint density at radius 3 is 2.15 bits per heavy atom. The van der Waals surface area contributed by atoms with Crippen molar-refractivity contribution in [2.75, 3.05) is 17.3 Å². The number of phenolic OH excluding ortho intramolecular Hbond substituents is 1. The summed E-state index contributed by atoms with van der Waals surface area (Å²) in [6.45, 7) is 3.73. The number of rotatable bonds is 6. The minimum Gasteiger partial charge on any atom is -0.508 e. The van der Waals surface area contributed by atoms with Gasteiger partial charge in [-0.1, -0.05) is 36.4 Å². The highest BCUT2D eigenvalue weighted by Gasteiger charge is 2.47. The molecule has 1 heterocycles. The standard InChI is InChI=1S/C32H28N2O5/c1-19-17-20(2)31(39-3)26(18-19)29(36)27-28(21-9-15-25(35)16-10-21)34(32(38)30(27)37)24-13-11-23(12-14-24)33-22-7-5-4-6-8-22/h4-18,28,33,35-36H,1-3H3/b29-27+. The molecule has 0 bridgehead atoms. The van der Waals surface area contributed by atoms with Crippen LogP contribution in [0.3, 0.4) is 0 Å². The minimum atomic E-state index is -0.927. The SMILES string of the molecule is COc1c(C)cc(C)cc1/C(O)=C1\C(=O)C(=O)N(c2ccc(Nc3ccccc3)cc2)C1c1ccc(O)cc1. The van der Waals surface area contributed by atoms with Gasteiger partial charge in [0.2, 0.25) is 0 Å². The molecule has 0 aliphatic carbocycles. The fraction of sp³-hybridized carbons (Fsp3) is 0.125. The molecular formula is C32H28N2O5. The van der Waals surface area contributed by atoms with Crippen molar-refractivity contribution in [3.05, 3.63) is 119 Å². The molecule has 1 amide bonds. The van der Waals surface area contributed by atoms with Crippen LogP contribution in [0.15, 0.2) is 96.6 Å². The van der Waals surface area contributed by atoms with Crippen LogP contribution in [0, 0.1) is 13.8 Å². The molecular weight excluding hydrogens is 492 g/mol. The zero-order valence-electron chi connectivity index (χ0n) is 21.8. The number of anilines is 3. The Morgan fingerprint density at radius 1 is 0.872 bits per heavy atom. The molecule has 0 saturated carbocycles. The normalized spacial score (nSPS) is 16.4. The lowest BCUT2D eigenvalue weighted by molar-refractivity contribution is -0.132. The maximum absolute atomic E-state index is 13.5. The molecule has 39 heavy (non-hydrogen) atoms. The van der Waals surface area contributed by atoms with Crippen molar-refractivity contribution in [1.82, 2.24) is 0 Å². The van der Waals surface area contributed by atoms with Gasteiger partial charge in [0.25, 0.3) is 11.7 Å². The molecule has 7 nitrogen and oxygen atoms in total. The second-order valence-corrected chi connectivity index (χ2v) is 9.46. The van der Waals surface area contributed by atoms with E-state index in [0.29, 0.717) is 22.6 Å². The van der Waals surface area contributed by atoms with Crippen LogP contribution < -0.4 is 15.0 Å². The number of ether oxygens (including phenoxy) is 1. The molecule has 1 aliphatic heterocycles. The summed E-state index contributed by atoms with van der Waals surface area (Å²) in [5.74, 6) is -1.42. The molecule has 3 N–H and O–H groups in total. The van der Waals surface area contributed by atoms with Crippen LogP contribution >= 0.6 is 0 Å². The molecule has 4 aromatic carbocycles. The number of hydrogen-bond donors (Lipinski definition) is 3. The Bertz CT molecular complexity index is 1580. The van der Waals surface area contributed by atoms with Gasteiger partial charge in [-0.3, -0.25) is 14.5 Å². The highest BCUT2D eigenvalue weighted by molar-refractivity contribution is 6.51. The Hall–Kier alpha value is -5.04. The predicted molar refractivity (Wildman–Crippen MR) is 152 cm³/mol. The summed E-state index contributed by atoms with van der Waals surface area (Å²) >= 11 is 0. The third kappa shape index (κ3) is 4.82. The number of hydrogen-bond acceptors (Lipinski definition) is 6. The third-order valence-electron chi connectivity index (χ3n) is 6.74. The minimum absolute atomic E-state index is 0.0445. The monoisotopic (exact) mass is 520 g/mol. The van der Waals surface area contributed by atoms with Crippen LogP contribution in [-0.4, -0.2) is 29.0 Å². The maximum Gasteiger partial charge on any atom is 0.300 e. The first kappa shape index (κ1) is 25.6. The molecule has 5 rings (SSSR count). The number of Topliss-reactive ketones (excluding diaryl/α,β-unsaturated/α-hetero) is 1. The van der Waals surface area contributed by atoms with Crippen LogP contribution in [0.4, 0.5) is 17.1 Å². The number of benzene rings is 4. The first-order valence-electron chi connectivity index (χ1n) is 12.5. The van der Waals surface area contributed by atoms with E-state index in [-0.39, 0.29) is 17.1 Å². The summed E-state index contributed by atoms with van der Waals surface area (Å²) in [4.78, 5) is 28.4. The molecule has 196 valence electrons. The number of carbonyl (C=O) groups is 2. The van der Waals surface area contributed by atoms with Crippen molar-refractivity contribution in [2.45, 2.75) is 19.9 Å². The zero-order chi connectivity index (χ0) is 27.7. The second-order valence-electron chi connectivity index (χ2n) is 9.46. The van der Waals surface area contributed by atoms with Gasteiger partial charge in [0.1, 0.15) is 17.3 Å². The van der Waals surface area contributed by atoms with Crippen LogP contribution in [0.2, 0.25) is 0 Å². The highest BCUT2D eigenvalue weighted by atomic mass is 16.5. The number of aryl methyl sites for hydroxylation is 2. The number of amides is 1. The van der Waals surface area contributed by atoms with Crippen molar-refractivity contribution < 1.29 is 24.5 Å². The van der Waals surface area contributed by atoms with Gasteiger partial charge in [-0.25, -0.2) is 0 Å². The number of nitrogens with one attached hydrogen (secondary N) is 1. The highest BCUT2D eigenvalue weighted by Crippen LogP contribution is 2.44. The van der Waals surface area contributed by atoms with E-state index in [1.165, 1.54) is 24.1 Å². The van der Waals surface area contributed by atoms with Crippen molar-refractivity contribution >= 4 is 34.5 Å². The van der Waals surface area contributed by atoms with Crippen LogP contribution in [-0.2, 0) is 9.59 Å². The maximum atomic E-state index is 13.5.